The molecule has 0 aliphatic carbocycles. The minimum atomic E-state index is -0.859. The highest BCUT2D eigenvalue weighted by molar-refractivity contribution is 6.46. The smallest absolute Gasteiger partial charge is 0.295 e. The van der Waals surface area contributed by atoms with E-state index < -0.39 is 23.5 Å². The predicted octanol–water partition coefficient (Wildman–Crippen LogP) is 5.92. The summed E-state index contributed by atoms with van der Waals surface area (Å²) < 4.78 is 25.0. The third-order valence-electron chi connectivity index (χ3n) is 6.60. The Hall–Kier alpha value is -4.13. The van der Waals surface area contributed by atoms with Gasteiger partial charge in [0.15, 0.2) is 11.5 Å². The fraction of sp³-hybridized carbons (Fsp3) is 0.290. The van der Waals surface area contributed by atoms with E-state index in [-0.39, 0.29) is 23.4 Å². The lowest BCUT2D eigenvalue weighted by molar-refractivity contribution is -0.139. The van der Waals surface area contributed by atoms with Crippen molar-refractivity contribution in [1.82, 2.24) is 4.90 Å². The molecule has 1 unspecified atom stereocenters. The molecular weight excluding hydrogens is 485 g/mol. The molecule has 38 heavy (non-hydrogen) atoms. The standard InChI is InChI=1S/C31H32FNO5/c1-20(2)16-18-38-25-14-11-23(19-26(25)37-3)28-27(29(34)22-9-12-24(32)13-10-22)30(35)31(36)33(28)17-15-21-7-5-4-6-8-21/h4-14,19-20,28,34H,15-18H2,1-3H3. The molecular formula is C31H32FNO5. The van der Waals surface area contributed by atoms with Crippen LogP contribution in [0.5, 0.6) is 11.5 Å². The average molecular weight is 518 g/mol. The number of benzene rings is 3. The summed E-state index contributed by atoms with van der Waals surface area (Å²) in [4.78, 5) is 28.0. The summed E-state index contributed by atoms with van der Waals surface area (Å²) in [5, 5.41) is 11.2. The second kappa shape index (κ2) is 11.9. The van der Waals surface area contributed by atoms with Crippen LogP contribution in [0.15, 0.2) is 78.4 Å². The van der Waals surface area contributed by atoms with E-state index in [1.165, 1.54) is 36.3 Å². The summed E-state index contributed by atoms with van der Waals surface area (Å²) in [6, 6.07) is 19.2. The Bertz CT molecular complexity index is 1320. The molecule has 0 spiro atoms. The maximum Gasteiger partial charge on any atom is 0.295 e. The summed E-state index contributed by atoms with van der Waals surface area (Å²) in [6.07, 6.45) is 1.40. The van der Waals surface area contributed by atoms with Gasteiger partial charge in [-0.2, -0.15) is 0 Å². The van der Waals surface area contributed by atoms with Crippen LogP contribution in [0.2, 0.25) is 0 Å². The first-order chi connectivity index (χ1) is 18.3. The van der Waals surface area contributed by atoms with Gasteiger partial charge in [0.25, 0.3) is 11.7 Å². The van der Waals surface area contributed by atoms with Gasteiger partial charge in [0.05, 0.1) is 25.3 Å². The zero-order valence-corrected chi connectivity index (χ0v) is 21.8. The topological polar surface area (TPSA) is 76.1 Å². The zero-order valence-electron chi connectivity index (χ0n) is 21.8. The van der Waals surface area contributed by atoms with E-state index in [0.29, 0.717) is 36.0 Å². The number of methoxy groups -OCH3 is 1. The van der Waals surface area contributed by atoms with Gasteiger partial charge >= 0.3 is 0 Å². The molecule has 6 nitrogen and oxygen atoms in total. The lowest BCUT2D eigenvalue weighted by atomic mass is 9.94. The molecule has 1 aliphatic rings. The van der Waals surface area contributed by atoms with Crippen LogP contribution in [0.1, 0.15) is 43.0 Å². The highest BCUT2D eigenvalue weighted by atomic mass is 19.1. The second-order valence-corrected chi connectivity index (χ2v) is 9.68. The second-order valence-electron chi connectivity index (χ2n) is 9.68. The summed E-state index contributed by atoms with van der Waals surface area (Å²) in [5.41, 5.74) is 1.80. The number of likely N-dealkylation sites (tertiary alicyclic amines) is 1. The molecule has 3 aromatic carbocycles. The minimum Gasteiger partial charge on any atom is -0.507 e. The third-order valence-corrected chi connectivity index (χ3v) is 6.60. The number of Topliss-reactive ketones (excluding diaryl/α,β-unsaturated/α-hetero) is 1. The highest BCUT2D eigenvalue weighted by Gasteiger charge is 2.46. The zero-order chi connectivity index (χ0) is 27.2. The molecule has 0 saturated carbocycles. The Balaban J connectivity index is 1.76. The molecule has 1 heterocycles. The van der Waals surface area contributed by atoms with Gasteiger partial charge in [-0.1, -0.05) is 50.2 Å². The van der Waals surface area contributed by atoms with Crippen molar-refractivity contribution in [2.45, 2.75) is 32.7 Å². The number of amides is 1. The van der Waals surface area contributed by atoms with E-state index in [2.05, 4.69) is 13.8 Å². The van der Waals surface area contributed by atoms with Gasteiger partial charge in [-0.25, -0.2) is 4.39 Å². The van der Waals surface area contributed by atoms with Crippen LogP contribution >= 0.6 is 0 Å². The molecule has 1 amide bonds. The van der Waals surface area contributed by atoms with Crippen LogP contribution < -0.4 is 9.47 Å². The van der Waals surface area contributed by atoms with Gasteiger partial charge in [0, 0.05) is 12.1 Å². The number of hydrogen-bond donors (Lipinski definition) is 1. The van der Waals surface area contributed by atoms with Crippen LogP contribution in [-0.2, 0) is 16.0 Å². The number of halogens is 1. The fourth-order valence-corrected chi connectivity index (χ4v) is 4.49. The Morgan fingerprint density at radius 2 is 1.71 bits per heavy atom. The average Bonchev–Trinajstić information content (AvgIpc) is 3.17. The predicted molar refractivity (Wildman–Crippen MR) is 143 cm³/mol. The fourth-order valence-electron chi connectivity index (χ4n) is 4.49. The Morgan fingerprint density at radius 1 is 1.00 bits per heavy atom. The number of ether oxygens (including phenoxy) is 2. The molecule has 1 fully saturated rings. The molecule has 1 atom stereocenters. The Labute approximate surface area is 222 Å². The molecule has 4 rings (SSSR count). The van der Waals surface area contributed by atoms with Crippen molar-refractivity contribution in [2.24, 2.45) is 5.92 Å². The quantitative estimate of drug-likeness (QED) is 0.205. The molecule has 3 aromatic rings. The van der Waals surface area contributed by atoms with Crippen LogP contribution in [0.4, 0.5) is 4.39 Å². The first-order valence-electron chi connectivity index (χ1n) is 12.7. The van der Waals surface area contributed by atoms with Crippen molar-refractivity contribution in [1.29, 1.82) is 0 Å². The number of carbonyl (C=O) groups excluding carboxylic acids is 2. The van der Waals surface area contributed by atoms with Crippen molar-refractivity contribution in [3.63, 3.8) is 0 Å². The Morgan fingerprint density at radius 3 is 2.37 bits per heavy atom. The highest BCUT2D eigenvalue weighted by Crippen LogP contribution is 2.42. The largest absolute Gasteiger partial charge is 0.507 e. The van der Waals surface area contributed by atoms with Gasteiger partial charge in [0.2, 0.25) is 0 Å². The summed E-state index contributed by atoms with van der Waals surface area (Å²) >= 11 is 0. The number of ketones is 1. The van der Waals surface area contributed by atoms with Gasteiger partial charge in [-0.05, 0) is 66.3 Å². The minimum absolute atomic E-state index is 0.0507. The van der Waals surface area contributed by atoms with Crippen LogP contribution in [0, 0.1) is 11.7 Å². The normalized spacial score (nSPS) is 16.8. The van der Waals surface area contributed by atoms with E-state index >= 15 is 0 Å². The molecule has 0 aromatic heterocycles. The van der Waals surface area contributed by atoms with Crippen LogP contribution in [0.3, 0.4) is 0 Å². The first-order valence-corrected chi connectivity index (χ1v) is 12.7. The number of aliphatic hydroxyl groups is 1. The van der Waals surface area contributed by atoms with Gasteiger partial charge in [-0.3, -0.25) is 9.59 Å². The van der Waals surface area contributed by atoms with Gasteiger partial charge < -0.3 is 19.5 Å². The first kappa shape index (κ1) is 26.9. The van der Waals surface area contributed by atoms with Crippen molar-refractivity contribution >= 4 is 17.4 Å². The van der Waals surface area contributed by atoms with E-state index in [0.717, 1.165) is 12.0 Å². The lowest BCUT2D eigenvalue weighted by Gasteiger charge is -2.26. The van der Waals surface area contributed by atoms with E-state index in [9.17, 15) is 19.1 Å². The Kier molecular flexibility index (Phi) is 8.46. The number of hydrogen-bond acceptors (Lipinski definition) is 5. The molecule has 1 saturated heterocycles. The lowest BCUT2D eigenvalue weighted by Crippen LogP contribution is -2.31. The maximum atomic E-state index is 13.5. The SMILES string of the molecule is COc1cc(C2C(=C(O)c3ccc(F)cc3)C(=O)C(=O)N2CCc2ccccc2)ccc1OCCC(C)C. The van der Waals surface area contributed by atoms with Gasteiger partial charge in [0.1, 0.15) is 11.6 Å². The molecule has 1 aliphatic heterocycles. The van der Waals surface area contributed by atoms with E-state index in [1.54, 1.807) is 18.2 Å². The van der Waals surface area contributed by atoms with E-state index in [4.69, 9.17) is 9.47 Å². The molecule has 0 radical (unpaired) electrons. The monoisotopic (exact) mass is 517 g/mol. The van der Waals surface area contributed by atoms with Crippen molar-refractivity contribution in [2.75, 3.05) is 20.3 Å². The number of rotatable bonds is 10. The van der Waals surface area contributed by atoms with Crippen LogP contribution in [-0.4, -0.2) is 42.0 Å². The van der Waals surface area contributed by atoms with Crippen LogP contribution in [0.25, 0.3) is 5.76 Å². The van der Waals surface area contributed by atoms with Gasteiger partial charge in [-0.15, -0.1) is 0 Å². The van der Waals surface area contributed by atoms with Crippen molar-refractivity contribution in [3.05, 3.63) is 101 Å². The van der Waals surface area contributed by atoms with Crippen molar-refractivity contribution in [3.8, 4) is 11.5 Å². The number of nitrogens with zero attached hydrogens (tertiary/aromatic N) is 1. The maximum absolute atomic E-state index is 13.5. The van der Waals surface area contributed by atoms with Crippen molar-refractivity contribution < 1.29 is 28.6 Å². The summed E-state index contributed by atoms with van der Waals surface area (Å²) in [7, 11) is 1.53. The molecule has 198 valence electrons. The third kappa shape index (κ3) is 5.88. The summed E-state index contributed by atoms with van der Waals surface area (Å²) in [5.74, 6) is -0.827. The molecule has 0 bridgehead atoms. The van der Waals surface area contributed by atoms with E-state index in [1.807, 2.05) is 30.3 Å². The summed E-state index contributed by atoms with van der Waals surface area (Å²) in [6.45, 7) is 5.01. The number of carbonyl (C=O) groups is 2. The molecule has 1 N–H and O–H groups in total. The molecule has 7 heteroatoms. The number of aliphatic hydroxyl groups excluding tert-OH is 1.